The zero-order valence-electron chi connectivity index (χ0n) is 17.7. The predicted molar refractivity (Wildman–Crippen MR) is 129 cm³/mol. The molecule has 0 aliphatic heterocycles. The van der Waals surface area contributed by atoms with Gasteiger partial charge < -0.3 is 10.5 Å². The number of sulfonamides is 1. The number of carbonyl (C=O) groups is 1. The zero-order chi connectivity index (χ0) is 23.4. The molecule has 164 valence electrons. The summed E-state index contributed by atoms with van der Waals surface area (Å²) in [6.07, 6.45) is 0. The number of amides is 1. The van der Waals surface area contributed by atoms with E-state index in [9.17, 15) is 13.2 Å². The third kappa shape index (κ3) is 4.66. The molecule has 33 heavy (non-hydrogen) atoms. The summed E-state index contributed by atoms with van der Waals surface area (Å²) >= 11 is 0. The van der Waals surface area contributed by atoms with Crippen LogP contribution in [0.2, 0.25) is 0 Å². The van der Waals surface area contributed by atoms with Crippen LogP contribution in [0.3, 0.4) is 0 Å². The van der Waals surface area contributed by atoms with E-state index in [1.165, 1.54) is 6.07 Å². The maximum atomic E-state index is 13.3. The van der Waals surface area contributed by atoms with Gasteiger partial charge in [-0.2, -0.15) is 0 Å². The van der Waals surface area contributed by atoms with Gasteiger partial charge in [0.05, 0.1) is 17.7 Å². The highest BCUT2D eigenvalue weighted by Gasteiger charge is 2.20. The van der Waals surface area contributed by atoms with Crippen molar-refractivity contribution in [2.45, 2.75) is 4.90 Å². The van der Waals surface area contributed by atoms with Crippen LogP contribution in [0.5, 0.6) is 5.75 Å². The second-order valence-corrected chi connectivity index (χ2v) is 8.81. The van der Waals surface area contributed by atoms with E-state index in [2.05, 4.69) is 16.6 Å². The van der Waals surface area contributed by atoms with Crippen molar-refractivity contribution >= 4 is 32.4 Å². The Balaban J connectivity index is 1.69. The molecule has 0 atom stereocenters. The summed E-state index contributed by atoms with van der Waals surface area (Å²) in [5.74, 6) is 6.06. The quantitative estimate of drug-likeness (QED) is 0.441. The minimum Gasteiger partial charge on any atom is -0.496 e. The Labute approximate surface area is 192 Å². The SMILES string of the molecule is COc1ccc(S(=O)(=O)Nc2ccccc2C#Cc2ccc(C(N)=O)cc2)c2ccccc12. The predicted octanol–water partition coefficient (Wildman–Crippen LogP) is 4.15. The van der Waals surface area contributed by atoms with Gasteiger partial charge in [-0.15, -0.1) is 0 Å². The Hall–Kier alpha value is -4.28. The smallest absolute Gasteiger partial charge is 0.262 e. The van der Waals surface area contributed by atoms with Gasteiger partial charge in [0.15, 0.2) is 0 Å². The number of ether oxygens (including phenoxy) is 1. The lowest BCUT2D eigenvalue weighted by molar-refractivity contribution is 0.100. The van der Waals surface area contributed by atoms with Gasteiger partial charge in [0.1, 0.15) is 5.75 Å². The molecule has 0 aromatic heterocycles. The van der Waals surface area contributed by atoms with E-state index in [1.807, 2.05) is 12.1 Å². The van der Waals surface area contributed by atoms with E-state index in [1.54, 1.807) is 73.8 Å². The van der Waals surface area contributed by atoms with Gasteiger partial charge in [-0.3, -0.25) is 9.52 Å². The summed E-state index contributed by atoms with van der Waals surface area (Å²) in [5.41, 5.74) is 7.19. The monoisotopic (exact) mass is 456 g/mol. The highest BCUT2D eigenvalue weighted by Crippen LogP contribution is 2.32. The fourth-order valence-electron chi connectivity index (χ4n) is 3.39. The summed E-state index contributed by atoms with van der Waals surface area (Å²) in [5, 5.41) is 1.26. The standard InChI is InChI=1S/C26H20N2O4S/c1-32-24-16-17-25(22-8-4-3-7-21(22)24)33(30,31)28-23-9-5-2-6-19(23)13-10-18-11-14-20(15-12-18)26(27)29/h2-9,11-12,14-17,28H,1H3,(H2,27,29). The molecule has 0 spiro atoms. The Morgan fingerprint density at radius 3 is 2.21 bits per heavy atom. The maximum Gasteiger partial charge on any atom is 0.262 e. The highest BCUT2D eigenvalue weighted by atomic mass is 32.2. The normalized spacial score (nSPS) is 10.8. The molecule has 6 nitrogen and oxygen atoms in total. The number of methoxy groups -OCH3 is 1. The highest BCUT2D eigenvalue weighted by molar-refractivity contribution is 7.93. The Morgan fingerprint density at radius 2 is 1.52 bits per heavy atom. The summed E-state index contributed by atoms with van der Waals surface area (Å²) in [6, 6.07) is 23.8. The van der Waals surface area contributed by atoms with Crippen LogP contribution >= 0.6 is 0 Å². The van der Waals surface area contributed by atoms with E-state index in [-0.39, 0.29) is 4.90 Å². The molecule has 0 saturated heterocycles. The van der Waals surface area contributed by atoms with Crippen LogP contribution in [0, 0.1) is 11.8 Å². The lowest BCUT2D eigenvalue weighted by atomic mass is 10.1. The Kier molecular flexibility index (Phi) is 6.03. The molecule has 0 heterocycles. The third-order valence-electron chi connectivity index (χ3n) is 5.04. The van der Waals surface area contributed by atoms with Crippen molar-refractivity contribution in [3.63, 3.8) is 0 Å². The van der Waals surface area contributed by atoms with Crippen molar-refractivity contribution in [3.05, 3.63) is 102 Å². The minimum absolute atomic E-state index is 0.142. The fraction of sp³-hybridized carbons (Fsp3) is 0.0385. The van der Waals surface area contributed by atoms with Crippen LogP contribution in [0.4, 0.5) is 5.69 Å². The van der Waals surface area contributed by atoms with Crippen molar-refractivity contribution in [3.8, 4) is 17.6 Å². The third-order valence-corrected chi connectivity index (χ3v) is 6.46. The molecule has 0 saturated carbocycles. The second kappa shape index (κ2) is 9.07. The van der Waals surface area contributed by atoms with E-state index >= 15 is 0 Å². The first-order chi connectivity index (χ1) is 15.9. The molecule has 0 fully saturated rings. The van der Waals surface area contributed by atoms with Crippen LogP contribution in [-0.4, -0.2) is 21.4 Å². The maximum absolute atomic E-state index is 13.3. The van der Waals surface area contributed by atoms with Gasteiger partial charge in [0, 0.05) is 27.5 Å². The number of primary amides is 1. The summed E-state index contributed by atoms with van der Waals surface area (Å²) in [7, 11) is -2.36. The zero-order valence-corrected chi connectivity index (χ0v) is 18.5. The minimum atomic E-state index is -3.91. The lowest BCUT2D eigenvalue weighted by Gasteiger charge is -2.13. The molecular formula is C26H20N2O4S. The second-order valence-electron chi connectivity index (χ2n) is 7.15. The topological polar surface area (TPSA) is 98.5 Å². The number of carbonyl (C=O) groups excluding carboxylic acids is 1. The number of nitrogens with two attached hydrogens (primary N) is 1. The number of hydrogen-bond donors (Lipinski definition) is 2. The van der Waals surface area contributed by atoms with Crippen molar-refractivity contribution in [1.29, 1.82) is 0 Å². The number of fused-ring (bicyclic) bond motifs is 1. The number of rotatable bonds is 5. The molecule has 0 bridgehead atoms. The van der Waals surface area contributed by atoms with Gasteiger partial charge in [-0.05, 0) is 48.5 Å². The van der Waals surface area contributed by atoms with E-state index in [0.717, 1.165) is 0 Å². The molecule has 4 aromatic carbocycles. The first kappa shape index (κ1) is 21.9. The van der Waals surface area contributed by atoms with Gasteiger partial charge >= 0.3 is 0 Å². The van der Waals surface area contributed by atoms with E-state index < -0.39 is 15.9 Å². The molecule has 4 aromatic rings. The lowest BCUT2D eigenvalue weighted by Crippen LogP contribution is -2.14. The molecule has 0 aliphatic rings. The van der Waals surface area contributed by atoms with Crippen LogP contribution in [0.1, 0.15) is 21.5 Å². The van der Waals surface area contributed by atoms with Crippen molar-refractivity contribution in [2.75, 3.05) is 11.8 Å². The number of para-hydroxylation sites is 1. The van der Waals surface area contributed by atoms with E-state index in [4.69, 9.17) is 10.5 Å². The molecule has 0 unspecified atom stereocenters. The van der Waals surface area contributed by atoms with Gasteiger partial charge in [-0.1, -0.05) is 48.2 Å². The number of nitrogens with one attached hydrogen (secondary N) is 1. The number of hydrogen-bond acceptors (Lipinski definition) is 4. The largest absolute Gasteiger partial charge is 0.496 e. The van der Waals surface area contributed by atoms with Gasteiger partial charge in [0.25, 0.3) is 10.0 Å². The van der Waals surface area contributed by atoms with Crippen molar-refractivity contribution in [1.82, 2.24) is 0 Å². The average Bonchev–Trinajstić information content (AvgIpc) is 2.82. The van der Waals surface area contributed by atoms with Gasteiger partial charge in [0.2, 0.25) is 5.91 Å². The first-order valence-electron chi connectivity index (χ1n) is 9.98. The number of benzene rings is 4. The Morgan fingerprint density at radius 1 is 0.848 bits per heavy atom. The molecule has 3 N–H and O–H groups in total. The van der Waals surface area contributed by atoms with E-state index in [0.29, 0.717) is 38.9 Å². The summed E-state index contributed by atoms with van der Waals surface area (Å²) in [4.78, 5) is 11.4. The van der Waals surface area contributed by atoms with Gasteiger partial charge in [-0.25, -0.2) is 8.42 Å². The summed E-state index contributed by atoms with van der Waals surface area (Å²) < 4.78 is 34.6. The molecule has 7 heteroatoms. The number of anilines is 1. The van der Waals surface area contributed by atoms with Crippen LogP contribution < -0.4 is 15.2 Å². The van der Waals surface area contributed by atoms with Crippen LogP contribution in [0.15, 0.2) is 89.8 Å². The fourth-order valence-corrected chi connectivity index (χ4v) is 4.69. The van der Waals surface area contributed by atoms with Crippen molar-refractivity contribution in [2.24, 2.45) is 5.73 Å². The Bertz CT molecular complexity index is 1520. The van der Waals surface area contributed by atoms with Crippen molar-refractivity contribution < 1.29 is 17.9 Å². The summed E-state index contributed by atoms with van der Waals surface area (Å²) in [6.45, 7) is 0. The average molecular weight is 457 g/mol. The molecule has 0 aliphatic carbocycles. The van der Waals surface area contributed by atoms with Crippen LogP contribution in [0.25, 0.3) is 10.8 Å². The molecular weight excluding hydrogens is 436 g/mol. The van der Waals surface area contributed by atoms with Crippen LogP contribution in [-0.2, 0) is 10.0 Å². The first-order valence-corrected chi connectivity index (χ1v) is 11.5. The molecule has 1 amide bonds. The molecule has 4 rings (SSSR count). The molecule has 0 radical (unpaired) electrons.